The normalized spacial score (nSPS) is 13.4. The first-order valence-corrected chi connectivity index (χ1v) is 6.30. The van der Waals surface area contributed by atoms with Gasteiger partial charge in [0.25, 0.3) is 0 Å². The van der Waals surface area contributed by atoms with Crippen molar-refractivity contribution in [3.63, 3.8) is 0 Å². The van der Waals surface area contributed by atoms with Gasteiger partial charge in [-0.25, -0.2) is 0 Å². The van der Waals surface area contributed by atoms with Gasteiger partial charge in [0.2, 0.25) is 0 Å². The van der Waals surface area contributed by atoms with E-state index in [2.05, 4.69) is 39.0 Å². The molecule has 1 aromatic rings. The second-order valence-corrected chi connectivity index (χ2v) is 5.87. The number of carbonyl (C=O) groups is 1. The minimum atomic E-state index is -0.931. The van der Waals surface area contributed by atoms with Crippen LogP contribution in [-0.4, -0.2) is 17.1 Å². The van der Waals surface area contributed by atoms with E-state index in [1.165, 1.54) is 16.7 Å². The van der Waals surface area contributed by atoms with E-state index < -0.39 is 12.0 Å². The van der Waals surface area contributed by atoms with Crippen LogP contribution in [0.3, 0.4) is 0 Å². The van der Waals surface area contributed by atoms with Crippen LogP contribution in [0, 0.1) is 6.92 Å². The van der Waals surface area contributed by atoms with Crippen LogP contribution in [-0.2, 0) is 16.6 Å². The zero-order valence-electron chi connectivity index (χ0n) is 11.7. The zero-order chi connectivity index (χ0) is 13.9. The van der Waals surface area contributed by atoms with Gasteiger partial charge in [-0.3, -0.25) is 4.79 Å². The summed E-state index contributed by atoms with van der Waals surface area (Å²) in [5, 5.41) is 8.79. The number of carboxylic acids is 1. The Labute approximate surface area is 109 Å². The summed E-state index contributed by atoms with van der Waals surface area (Å²) in [5.74, 6) is -0.931. The van der Waals surface area contributed by atoms with Crippen molar-refractivity contribution >= 4 is 5.97 Å². The third-order valence-corrected chi connectivity index (χ3v) is 3.26. The summed E-state index contributed by atoms with van der Waals surface area (Å²) in [7, 11) is 0. The molecule has 0 aromatic heterocycles. The summed E-state index contributed by atoms with van der Waals surface area (Å²) in [6.45, 7) is 8.56. The molecule has 1 rings (SSSR count). The molecule has 0 amide bonds. The van der Waals surface area contributed by atoms with Gasteiger partial charge in [0.15, 0.2) is 0 Å². The summed E-state index contributed by atoms with van der Waals surface area (Å²) < 4.78 is 0. The van der Waals surface area contributed by atoms with Crippen molar-refractivity contribution in [3.8, 4) is 0 Å². The number of hydrogen-bond donors (Lipinski definition) is 2. The first kappa shape index (κ1) is 14.7. The van der Waals surface area contributed by atoms with Crippen LogP contribution in [0.4, 0.5) is 0 Å². The van der Waals surface area contributed by atoms with Crippen molar-refractivity contribution in [2.75, 3.05) is 0 Å². The maximum absolute atomic E-state index is 10.7. The number of rotatable bonds is 4. The lowest BCUT2D eigenvalue weighted by molar-refractivity contribution is -0.138. The first-order chi connectivity index (χ1) is 8.21. The SMILES string of the molecule is Cc1ccc(C(C)(C)C)cc1CCC(N)C(=O)O. The van der Waals surface area contributed by atoms with E-state index in [1.54, 1.807) is 0 Å². The topological polar surface area (TPSA) is 63.3 Å². The number of aryl methyl sites for hydroxylation is 2. The van der Waals surface area contributed by atoms with E-state index in [-0.39, 0.29) is 5.41 Å². The molecule has 0 bridgehead atoms. The maximum Gasteiger partial charge on any atom is 0.320 e. The molecule has 0 saturated heterocycles. The third kappa shape index (κ3) is 3.84. The van der Waals surface area contributed by atoms with Crippen LogP contribution in [0.2, 0.25) is 0 Å². The highest BCUT2D eigenvalue weighted by Gasteiger charge is 2.16. The van der Waals surface area contributed by atoms with E-state index in [0.29, 0.717) is 12.8 Å². The standard InChI is InChI=1S/C15H23NO2/c1-10-5-7-12(15(2,3)4)9-11(10)6-8-13(16)14(17)18/h5,7,9,13H,6,8,16H2,1-4H3,(H,17,18). The van der Waals surface area contributed by atoms with Crippen molar-refractivity contribution in [1.82, 2.24) is 0 Å². The highest BCUT2D eigenvalue weighted by atomic mass is 16.4. The summed E-state index contributed by atoms with van der Waals surface area (Å²) in [5.41, 5.74) is 9.31. The molecule has 0 radical (unpaired) electrons. The Morgan fingerprint density at radius 3 is 2.50 bits per heavy atom. The lowest BCUT2D eigenvalue weighted by Crippen LogP contribution is -2.30. The van der Waals surface area contributed by atoms with Crippen LogP contribution in [0.25, 0.3) is 0 Å². The number of hydrogen-bond acceptors (Lipinski definition) is 2. The minimum absolute atomic E-state index is 0.108. The highest BCUT2D eigenvalue weighted by molar-refractivity contribution is 5.73. The third-order valence-electron chi connectivity index (χ3n) is 3.26. The highest BCUT2D eigenvalue weighted by Crippen LogP contribution is 2.25. The second-order valence-electron chi connectivity index (χ2n) is 5.87. The van der Waals surface area contributed by atoms with Crippen molar-refractivity contribution in [2.24, 2.45) is 5.73 Å². The van der Waals surface area contributed by atoms with E-state index in [1.807, 2.05) is 6.92 Å². The Balaban J connectivity index is 2.85. The molecule has 0 aliphatic carbocycles. The summed E-state index contributed by atoms with van der Waals surface area (Å²) in [4.78, 5) is 10.7. The number of aliphatic carboxylic acids is 1. The van der Waals surface area contributed by atoms with Crippen LogP contribution in [0.1, 0.15) is 43.9 Å². The molecular formula is C15H23NO2. The maximum atomic E-state index is 10.7. The fourth-order valence-corrected chi connectivity index (χ4v) is 1.84. The van der Waals surface area contributed by atoms with E-state index in [0.717, 1.165) is 0 Å². The monoisotopic (exact) mass is 249 g/mol. The molecule has 1 unspecified atom stereocenters. The smallest absolute Gasteiger partial charge is 0.320 e. The molecular weight excluding hydrogens is 226 g/mol. The van der Waals surface area contributed by atoms with Gasteiger partial charge >= 0.3 is 5.97 Å². The minimum Gasteiger partial charge on any atom is -0.480 e. The van der Waals surface area contributed by atoms with Crippen LogP contribution in [0.15, 0.2) is 18.2 Å². The van der Waals surface area contributed by atoms with Crippen molar-refractivity contribution in [2.45, 2.75) is 52.0 Å². The molecule has 100 valence electrons. The van der Waals surface area contributed by atoms with Crippen LogP contribution >= 0.6 is 0 Å². The van der Waals surface area contributed by atoms with E-state index in [4.69, 9.17) is 10.8 Å². The fourth-order valence-electron chi connectivity index (χ4n) is 1.84. The molecule has 3 heteroatoms. The summed E-state index contributed by atoms with van der Waals surface area (Å²) >= 11 is 0. The molecule has 0 spiro atoms. The number of nitrogens with two attached hydrogens (primary N) is 1. The Kier molecular flexibility index (Phi) is 4.52. The first-order valence-electron chi connectivity index (χ1n) is 6.30. The second kappa shape index (κ2) is 5.53. The lowest BCUT2D eigenvalue weighted by Gasteiger charge is -2.21. The number of benzene rings is 1. The van der Waals surface area contributed by atoms with Gasteiger partial charge in [0.1, 0.15) is 6.04 Å². The predicted molar refractivity (Wildman–Crippen MR) is 73.8 cm³/mol. The molecule has 1 atom stereocenters. The van der Waals surface area contributed by atoms with Crippen LogP contribution < -0.4 is 5.73 Å². The van der Waals surface area contributed by atoms with Crippen molar-refractivity contribution in [1.29, 1.82) is 0 Å². The van der Waals surface area contributed by atoms with Gasteiger partial charge in [-0.2, -0.15) is 0 Å². The molecule has 0 aliphatic rings. The van der Waals surface area contributed by atoms with Crippen molar-refractivity contribution < 1.29 is 9.90 Å². The Morgan fingerprint density at radius 2 is 2.00 bits per heavy atom. The van der Waals surface area contributed by atoms with E-state index >= 15 is 0 Å². The van der Waals surface area contributed by atoms with E-state index in [9.17, 15) is 4.79 Å². The Bertz CT molecular complexity index is 433. The molecule has 1 aromatic carbocycles. The lowest BCUT2D eigenvalue weighted by atomic mass is 9.84. The fraction of sp³-hybridized carbons (Fsp3) is 0.533. The molecule has 0 heterocycles. The van der Waals surface area contributed by atoms with Gasteiger partial charge in [0.05, 0.1) is 0 Å². The van der Waals surface area contributed by atoms with Gasteiger partial charge in [-0.1, -0.05) is 39.0 Å². The zero-order valence-corrected chi connectivity index (χ0v) is 11.7. The number of carboxylic acid groups (broad SMARTS) is 1. The average Bonchev–Trinajstić information content (AvgIpc) is 2.25. The molecule has 3 N–H and O–H groups in total. The molecule has 0 aliphatic heterocycles. The Hall–Kier alpha value is -1.35. The summed E-state index contributed by atoms with van der Waals surface area (Å²) in [6, 6.07) is 5.63. The van der Waals surface area contributed by atoms with Gasteiger partial charge in [-0.05, 0) is 41.9 Å². The van der Waals surface area contributed by atoms with Crippen molar-refractivity contribution in [3.05, 3.63) is 34.9 Å². The average molecular weight is 249 g/mol. The van der Waals surface area contributed by atoms with Gasteiger partial charge < -0.3 is 10.8 Å². The molecule has 0 saturated carbocycles. The Morgan fingerprint density at radius 1 is 1.39 bits per heavy atom. The predicted octanol–water partition coefficient (Wildman–Crippen LogP) is 2.64. The molecule has 18 heavy (non-hydrogen) atoms. The molecule has 0 fully saturated rings. The summed E-state index contributed by atoms with van der Waals surface area (Å²) in [6.07, 6.45) is 1.19. The molecule has 3 nitrogen and oxygen atoms in total. The van der Waals surface area contributed by atoms with Crippen LogP contribution in [0.5, 0.6) is 0 Å². The van der Waals surface area contributed by atoms with Gasteiger partial charge in [0, 0.05) is 0 Å². The van der Waals surface area contributed by atoms with Gasteiger partial charge in [-0.15, -0.1) is 0 Å². The largest absolute Gasteiger partial charge is 0.480 e. The quantitative estimate of drug-likeness (QED) is 0.862.